The van der Waals surface area contributed by atoms with E-state index < -0.39 is 0 Å². The lowest BCUT2D eigenvalue weighted by atomic mass is 10.2. The summed E-state index contributed by atoms with van der Waals surface area (Å²) in [7, 11) is 0. The average molecular weight is 368 g/mol. The lowest BCUT2D eigenvalue weighted by Crippen LogP contribution is -2.38. The number of para-hydroxylation sites is 2. The fraction of sp³-hybridized carbons (Fsp3) is 0.263. The summed E-state index contributed by atoms with van der Waals surface area (Å²) in [5.41, 5.74) is 1.09. The summed E-state index contributed by atoms with van der Waals surface area (Å²) >= 11 is 1.61. The number of pyridine rings is 1. The Morgan fingerprint density at radius 3 is 2.92 bits per heavy atom. The molecule has 7 heteroatoms. The van der Waals surface area contributed by atoms with Crippen LogP contribution in [0.25, 0.3) is 0 Å². The third-order valence-electron chi connectivity index (χ3n) is 4.03. The molecule has 0 amide bonds. The number of benzene rings is 1. The van der Waals surface area contributed by atoms with Gasteiger partial charge in [-0.25, -0.2) is 9.97 Å². The quantitative estimate of drug-likeness (QED) is 0.694. The van der Waals surface area contributed by atoms with Gasteiger partial charge in [0.1, 0.15) is 18.5 Å². The van der Waals surface area contributed by atoms with Crippen molar-refractivity contribution in [2.75, 3.05) is 18.5 Å². The number of fused-ring (bicyclic) bond motifs is 1. The summed E-state index contributed by atoms with van der Waals surface area (Å²) < 4.78 is 11.7. The van der Waals surface area contributed by atoms with E-state index in [9.17, 15) is 0 Å². The zero-order valence-electron chi connectivity index (χ0n) is 14.4. The number of aryl methyl sites for hydroxylation is 1. The predicted molar refractivity (Wildman–Crippen MR) is 102 cm³/mol. The van der Waals surface area contributed by atoms with Gasteiger partial charge in [0.2, 0.25) is 0 Å². The summed E-state index contributed by atoms with van der Waals surface area (Å²) in [6.07, 6.45) is 3.66. The van der Waals surface area contributed by atoms with Crippen LogP contribution in [0, 0.1) is 6.92 Å². The SMILES string of the molecule is Cc1cccnc1Nc1ncc(CNCC2COc3ccccc3O2)s1. The largest absolute Gasteiger partial charge is 0.486 e. The highest BCUT2D eigenvalue weighted by atomic mass is 32.1. The minimum atomic E-state index is 0.00610. The van der Waals surface area contributed by atoms with Crippen LogP contribution in [0.3, 0.4) is 0 Å². The normalized spacial score (nSPS) is 15.7. The summed E-state index contributed by atoms with van der Waals surface area (Å²) in [4.78, 5) is 9.90. The first kappa shape index (κ1) is 16.8. The van der Waals surface area contributed by atoms with Gasteiger partial charge in [0.05, 0.1) is 0 Å². The highest BCUT2D eigenvalue weighted by Gasteiger charge is 2.20. The third-order valence-corrected chi connectivity index (χ3v) is 4.94. The molecule has 6 nitrogen and oxygen atoms in total. The molecule has 1 aliphatic heterocycles. The van der Waals surface area contributed by atoms with Crippen LogP contribution in [0.2, 0.25) is 0 Å². The van der Waals surface area contributed by atoms with Crippen LogP contribution >= 0.6 is 11.3 Å². The maximum absolute atomic E-state index is 5.95. The van der Waals surface area contributed by atoms with Gasteiger partial charge in [0.15, 0.2) is 16.6 Å². The van der Waals surface area contributed by atoms with E-state index in [1.54, 1.807) is 17.5 Å². The van der Waals surface area contributed by atoms with Crippen LogP contribution in [-0.4, -0.2) is 29.2 Å². The fourth-order valence-electron chi connectivity index (χ4n) is 2.68. The van der Waals surface area contributed by atoms with E-state index in [-0.39, 0.29) is 6.10 Å². The van der Waals surface area contributed by atoms with E-state index in [1.165, 1.54) is 0 Å². The number of ether oxygens (including phenoxy) is 2. The summed E-state index contributed by atoms with van der Waals surface area (Å²) in [6.45, 7) is 4.03. The molecule has 1 aliphatic rings. The molecule has 1 aromatic carbocycles. The molecule has 2 N–H and O–H groups in total. The Kier molecular flexibility index (Phi) is 4.99. The van der Waals surface area contributed by atoms with Gasteiger partial charge in [-0.1, -0.05) is 18.2 Å². The molecule has 0 radical (unpaired) electrons. The van der Waals surface area contributed by atoms with E-state index in [2.05, 4.69) is 20.6 Å². The Morgan fingerprint density at radius 1 is 1.15 bits per heavy atom. The summed E-state index contributed by atoms with van der Waals surface area (Å²) in [5.74, 6) is 2.46. The molecular formula is C19H20N4O2S. The molecule has 2 aromatic heterocycles. The number of nitrogens with one attached hydrogen (secondary N) is 2. The number of hydrogen-bond acceptors (Lipinski definition) is 7. The number of thiazole rings is 1. The van der Waals surface area contributed by atoms with Crippen LogP contribution in [0.5, 0.6) is 11.5 Å². The Balaban J connectivity index is 1.27. The number of aromatic nitrogens is 2. The molecule has 4 rings (SSSR count). The molecule has 3 heterocycles. The average Bonchev–Trinajstić information content (AvgIpc) is 3.11. The third kappa shape index (κ3) is 3.95. The van der Waals surface area contributed by atoms with Crippen molar-refractivity contribution >= 4 is 22.3 Å². The van der Waals surface area contributed by atoms with Crippen LogP contribution < -0.4 is 20.1 Å². The highest BCUT2D eigenvalue weighted by molar-refractivity contribution is 7.15. The maximum Gasteiger partial charge on any atom is 0.188 e. The lowest BCUT2D eigenvalue weighted by molar-refractivity contribution is 0.0903. The van der Waals surface area contributed by atoms with E-state index >= 15 is 0 Å². The van der Waals surface area contributed by atoms with Gasteiger partial charge in [0.25, 0.3) is 0 Å². The highest BCUT2D eigenvalue weighted by Crippen LogP contribution is 2.30. The van der Waals surface area contributed by atoms with Crippen LogP contribution in [-0.2, 0) is 6.54 Å². The second-order valence-corrected chi connectivity index (χ2v) is 7.17. The van der Waals surface area contributed by atoms with Crippen LogP contribution in [0.1, 0.15) is 10.4 Å². The first-order valence-corrected chi connectivity index (χ1v) is 9.32. The maximum atomic E-state index is 5.95. The van der Waals surface area contributed by atoms with E-state index in [0.717, 1.165) is 39.4 Å². The summed E-state index contributed by atoms with van der Waals surface area (Å²) in [5, 5.41) is 7.52. The zero-order valence-corrected chi connectivity index (χ0v) is 15.3. The van der Waals surface area contributed by atoms with Crippen molar-refractivity contribution in [1.82, 2.24) is 15.3 Å². The van der Waals surface area contributed by atoms with Crippen LogP contribution in [0.4, 0.5) is 10.9 Å². The molecule has 3 aromatic rings. The van der Waals surface area contributed by atoms with Gasteiger partial charge in [-0.15, -0.1) is 11.3 Å². The Labute approximate surface area is 156 Å². The molecular weight excluding hydrogens is 348 g/mol. The first-order chi connectivity index (χ1) is 12.8. The molecule has 0 aliphatic carbocycles. The van der Waals surface area contributed by atoms with Crippen molar-refractivity contribution < 1.29 is 9.47 Å². The van der Waals surface area contributed by atoms with Crippen molar-refractivity contribution in [1.29, 1.82) is 0 Å². The molecule has 134 valence electrons. The molecule has 1 atom stereocenters. The molecule has 0 bridgehead atoms. The Hall–Kier alpha value is -2.64. The van der Waals surface area contributed by atoms with Crippen molar-refractivity contribution in [3.63, 3.8) is 0 Å². The zero-order chi connectivity index (χ0) is 17.8. The van der Waals surface area contributed by atoms with Crippen molar-refractivity contribution in [2.45, 2.75) is 19.6 Å². The smallest absolute Gasteiger partial charge is 0.188 e. The second kappa shape index (κ2) is 7.72. The minimum Gasteiger partial charge on any atom is -0.486 e. The molecule has 0 spiro atoms. The van der Waals surface area contributed by atoms with Gasteiger partial charge in [-0.2, -0.15) is 0 Å². The van der Waals surface area contributed by atoms with E-state index in [4.69, 9.17) is 9.47 Å². The van der Waals surface area contributed by atoms with Gasteiger partial charge >= 0.3 is 0 Å². The summed E-state index contributed by atoms with van der Waals surface area (Å²) in [6, 6.07) is 11.7. The topological polar surface area (TPSA) is 68.3 Å². The van der Waals surface area contributed by atoms with Gasteiger partial charge < -0.3 is 20.1 Å². The second-order valence-electron chi connectivity index (χ2n) is 6.05. The van der Waals surface area contributed by atoms with Gasteiger partial charge in [-0.3, -0.25) is 0 Å². The molecule has 0 saturated carbocycles. The number of hydrogen-bond donors (Lipinski definition) is 2. The van der Waals surface area contributed by atoms with Gasteiger partial charge in [-0.05, 0) is 30.7 Å². The van der Waals surface area contributed by atoms with Gasteiger partial charge in [0, 0.05) is 30.4 Å². The van der Waals surface area contributed by atoms with Crippen molar-refractivity contribution in [3.05, 3.63) is 59.2 Å². The molecule has 1 unspecified atom stereocenters. The predicted octanol–water partition coefficient (Wildman–Crippen LogP) is 3.52. The molecule has 0 fully saturated rings. The number of anilines is 2. The first-order valence-electron chi connectivity index (χ1n) is 8.50. The van der Waals surface area contributed by atoms with E-state index in [0.29, 0.717) is 13.2 Å². The minimum absolute atomic E-state index is 0.00610. The Bertz CT molecular complexity index is 883. The fourth-order valence-corrected chi connectivity index (χ4v) is 3.47. The lowest BCUT2D eigenvalue weighted by Gasteiger charge is -2.26. The van der Waals surface area contributed by atoms with Crippen molar-refractivity contribution in [3.8, 4) is 11.5 Å². The van der Waals surface area contributed by atoms with E-state index in [1.807, 2.05) is 49.5 Å². The monoisotopic (exact) mass is 368 g/mol. The van der Waals surface area contributed by atoms with Crippen molar-refractivity contribution in [2.24, 2.45) is 0 Å². The molecule has 26 heavy (non-hydrogen) atoms. The molecule has 0 saturated heterocycles. The number of rotatable bonds is 6. The Morgan fingerprint density at radius 2 is 2.04 bits per heavy atom. The van der Waals surface area contributed by atoms with Crippen LogP contribution in [0.15, 0.2) is 48.8 Å². The number of nitrogens with zero attached hydrogens (tertiary/aromatic N) is 2. The standard InChI is InChI=1S/C19H20N4O2S/c1-13-5-4-8-21-18(13)23-19-22-11-15(26-19)10-20-9-14-12-24-16-6-2-3-7-17(16)25-14/h2-8,11,14,20H,9-10,12H2,1H3,(H,21,22,23).